The molecule has 3 heterocycles. The van der Waals surface area contributed by atoms with E-state index in [1.165, 1.54) is 16.3 Å². The lowest BCUT2D eigenvalue weighted by Gasteiger charge is -2.06. The zero-order valence-electron chi connectivity index (χ0n) is 12.8. The molecule has 0 spiro atoms. The summed E-state index contributed by atoms with van der Waals surface area (Å²) in [6.45, 7) is 1.80. The van der Waals surface area contributed by atoms with Crippen molar-refractivity contribution < 1.29 is 9.21 Å². The van der Waals surface area contributed by atoms with Gasteiger partial charge in [0.1, 0.15) is 5.76 Å². The topological polar surface area (TPSA) is 58.7 Å². The van der Waals surface area contributed by atoms with Gasteiger partial charge in [-0.3, -0.25) is 4.79 Å². The highest BCUT2D eigenvalue weighted by Gasteiger charge is 2.31. The standard InChI is InChI=1S/C18H13N3O2S/c1-12-15(10-14-8-5-9-23-14)17(22)21(20-12)18-19-16(11-24-18)13-6-3-2-4-7-13/h2-11H,1H3. The predicted octanol–water partition coefficient (Wildman–Crippen LogP) is 4.21. The number of hydrogen-bond acceptors (Lipinski definition) is 5. The molecule has 24 heavy (non-hydrogen) atoms. The van der Waals surface area contributed by atoms with Gasteiger partial charge >= 0.3 is 0 Å². The summed E-state index contributed by atoms with van der Waals surface area (Å²) in [5.74, 6) is 0.428. The number of aromatic nitrogens is 1. The molecule has 1 amide bonds. The van der Waals surface area contributed by atoms with Crippen LogP contribution in [-0.4, -0.2) is 16.6 Å². The zero-order chi connectivity index (χ0) is 16.5. The van der Waals surface area contributed by atoms with Gasteiger partial charge in [-0.25, -0.2) is 4.98 Å². The summed E-state index contributed by atoms with van der Waals surface area (Å²) in [4.78, 5) is 17.2. The van der Waals surface area contributed by atoms with Crippen molar-refractivity contribution in [2.24, 2.45) is 5.10 Å². The van der Waals surface area contributed by atoms with E-state index in [1.54, 1.807) is 31.4 Å². The lowest BCUT2D eigenvalue weighted by atomic mass is 10.1. The fraction of sp³-hybridized carbons (Fsp3) is 0.0556. The van der Waals surface area contributed by atoms with E-state index in [4.69, 9.17) is 4.42 Å². The highest BCUT2D eigenvalue weighted by molar-refractivity contribution is 7.14. The minimum absolute atomic E-state index is 0.196. The van der Waals surface area contributed by atoms with E-state index in [-0.39, 0.29) is 5.91 Å². The smallest absolute Gasteiger partial charge is 0.282 e. The van der Waals surface area contributed by atoms with E-state index in [1.807, 2.05) is 35.7 Å². The normalized spacial score (nSPS) is 16.0. The number of hydrazone groups is 1. The van der Waals surface area contributed by atoms with Crippen LogP contribution in [0.1, 0.15) is 12.7 Å². The third kappa shape index (κ3) is 2.57. The summed E-state index contributed by atoms with van der Waals surface area (Å²) < 4.78 is 5.28. The molecule has 5 nitrogen and oxygen atoms in total. The van der Waals surface area contributed by atoms with Crippen molar-refractivity contribution in [2.45, 2.75) is 6.92 Å². The van der Waals surface area contributed by atoms with Gasteiger partial charge in [0.15, 0.2) is 0 Å². The van der Waals surface area contributed by atoms with Gasteiger partial charge in [0, 0.05) is 10.9 Å². The summed E-state index contributed by atoms with van der Waals surface area (Å²) >= 11 is 1.39. The van der Waals surface area contributed by atoms with Crippen LogP contribution in [0.25, 0.3) is 17.3 Å². The summed E-state index contributed by atoms with van der Waals surface area (Å²) in [5.41, 5.74) is 3.01. The molecule has 6 heteroatoms. The van der Waals surface area contributed by atoms with E-state index < -0.39 is 0 Å². The van der Waals surface area contributed by atoms with Gasteiger partial charge < -0.3 is 4.42 Å². The van der Waals surface area contributed by atoms with Crippen LogP contribution in [-0.2, 0) is 4.79 Å². The van der Waals surface area contributed by atoms with E-state index in [0.717, 1.165) is 11.3 Å². The monoisotopic (exact) mass is 335 g/mol. The molecule has 0 bridgehead atoms. The second kappa shape index (κ2) is 5.90. The summed E-state index contributed by atoms with van der Waals surface area (Å²) in [6, 6.07) is 13.4. The number of rotatable bonds is 3. The maximum Gasteiger partial charge on any atom is 0.282 e. The van der Waals surface area contributed by atoms with Crippen molar-refractivity contribution in [3.05, 3.63) is 65.4 Å². The number of amides is 1. The maximum absolute atomic E-state index is 12.7. The number of hydrogen-bond donors (Lipinski definition) is 0. The fourth-order valence-corrected chi connectivity index (χ4v) is 3.21. The molecule has 3 aromatic rings. The van der Waals surface area contributed by atoms with E-state index >= 15 is 0 Å². The highest BCUT2D eigenvalue weighted by atomic mass is 32.1. The molecule has 0 fully saturated rings. The molecule has 0 aliphatic carbocycles. The molecule has 0 radical (unpaired) electrons. The first-order valence-corrected chi connectivity index (χ1v) is 8.26. The minimum Gasteiger partial charge on any atom is -0.465 e. The van der Waals surface area contributed by atoms with Crippen LogP contribution in [0.3, 0.4) is 0 Å². The van der Waals surface area contributed by atoms with Crippen molar-refractivity contribution in [2.75, 3.05) is 5.01 Å². The van der Waals surface area contributed by atoms with Crippen LogP contribution in [0.5, 0.6) is 0 Å². The SMILES string of the molecule is CC1=NN(c2nc(-c3ccccc3)cs2)C(=O)C1=Cc1ccco1. The fourth-order valence-electron chi connectivity index (χ4n) is 2.43. The number of carbonyl (C=O) groups excluding carboxylic acids is 1. The Morgan fingerprint density at radius 1 is 1.17 bits per heavy atom. The highest BCUT2D eigenvalue weighted by Crippen LogP contribution is 2.31. The number of benzene rings is 1. The molecule has 2 aromatic heterocycles. The molecule has 1 aliphatic heterocycles. The molecule has 118 valence electrons. The van der Waals surface area contributed by atoms with Crippen LogP contribution >= 0.6 is 11.3 Å². The van der Waals surface area contributed by atoms with E-state index in [2.05, 4.69) is 10.1 Å². The Bertz CT molecular complexity index is 940. The van der Waals surface area contributed by atoms with Gasteiger partial charge in [-0.1, -0.05) is 30.3 Å². The molecule has 4 rings (SSSR count). The molecular weight excluding hydrogens is 322 g/mol. The van der Waals surface area contributed by atoms with E-state index in [9.17, 15) is 4.79 Å². The van der Waals surface area contributed by atoms with Gasteiger partial charge in [0.2, 0.25) is 5.13 Å². The Kier molecular flexibility index (Phi) is 3.59. The Morgan fingerprint density at radius 2 is 2.00 bits per heavy atom. The number of anilines is 1. The maximum atomic E-state index is 12.7. The van der Waals surface area contributed by atoms with Crippen molar-refractivity contribution in [1.29, 1.82) is 0 Å². The first-order chi connectivity index (χ1) is 11.7. The lowest BCUT2D eigenvalue weighted by molar-refractivity contribution is -0.114. The van der Waals surface area contributed by atoms with Crippen LogP contribution < -0.4 is 5.01 Å². The molecule has 0 atom stereocenters. The Morgan fingerprint density at radius 3 is 2.75 bits per heavy atom. The Hall–Kier alpha value is -2.99. The summed E-state index contributed by atoms with van der Waals surface area (Å²) in [5, 5.41) is 8.18. The molecule has 0 unspecified atom stereocenters. The quantitative estimate of drug-likeness (QED) is 0.674. The van der Waals surface area contributed by atoms with Gasteiger partial charge in [0.25, 0.3) is 5.91 Å². The van der Waals surface area contributed by atoms with Gasteiger partial charge in [-0.2, -0.15) is 10.1 Å². The van der Waals surface area contributed by atoms with Crippen molar-refractivity contribution in [3.63, 3.8) is 0 Å². The lowest BCUT2D eigenvalue weighted by Crippen LogP contribution is -2.21. The zero-order valence-corrected chi connectivity index (χ0v) is 13.7. The predicted molar refractivity (Wildman–Crippen MR) is 94.8 cm³/mol. The van der Waals surface area contributed by atoms with Crippen molar-refractivity contribution in [1.82, 2.24) is 4.98 Å². The molecule has 0 N–H and O–H groups in total. The van der Waals surface area contributed by atoms with E-state index in [0.29, 0.717) is 22.2 Å². The average Bonchev–Trinajstić information content (AvgIpc) is 3.33. The summed E-state index contributed by atoms with van der Waals surface area (Å²) in [6.07, 6.45) is 3.27. The van der Waals surface area contributed by atoms with Crippen molar-refractivity contribution in [3.8, 4) is 11.3 Å². The number of carbonyl (C=O) groups is 1. The summed E-state index contributed by atoms with van der Waals surface area (Å²) in [7, 11) is 0. The molecular formula is C18H13N3O2S. The van der Waals surface area contributed by atoms with Gasteiger partial charge in [0.05, 0.1) is 23.2 Å². The Balaban J connectivity index is 1.64. The largest absolute Gasteiger partial charge is 0.465 e. The average molecular weight is 335 g/mol. The number of furan rings is 1. The van der Waals surface area contributed by atoms with Crippen LogP contribution in [0, 0.1) is 0 Å². The first-order valence-electron chi connectivity index (χ1n) is 7.38. The third-order valence-corrected chi connectivity index (χ3v) is 4.45. The minimum atomic E-state index is -0.196. The molecule has 0 saturated carbocycles. The number of nitrogens with zero attached hydrogens (tertiary/aromatic N) is 3. The van der Waals surface area contributed by atoms with Crippen LogP contribution in [0.2, 0.25) is 0 Å². The molecule has 0 saturated heterocycles. The number of thiazole rings is 1. The van der Waals surface area contributed by atoms with Gasteiger partial charge in [-0.15, -0.1) is 11.3 Å². The molecule has 1 aliphatic rings. The Labute approximate surface area is 142 Å². The molecule has 1 aromatic carbocycles. The van der Waals surface area contributed by atoms with Crippen molar-refractivity contribution >= 4 is 34.2 Å². The third-order valence-electron chi connectivity index (χ3n) is 3.64. The van der Waals surface area contributed by atoms with Crippen LogP contribution in [0.4, 0.5) is 5.13 Å². The van der Waals surface area contributed by atoms with Gasteiger partial charge in [-0.05, 0) is 25.1 Å². The second-order valence-corrected chi connectivity index (χ2v) is 6.09. The van der Waals surface area contributed by atoms with Crippen LogP contribution in [0.15, 0.2) is 69.2 Å². The first kappa shape index (κ1) is 14.6. The second-order valence-electron chi connectivity index (χ2n) is 5.26.